The van der Waals surface area contributed by atoms with E-state index in [-0.39, 0.29) is 11.7 Å². The number of carbonyl (C=O) groups is 1. The molecule has 0 saturated carbocycles. The third-order valence-electron chi connectivity index (χ3n) is 6.79. The maximum absolute atomic E-state index is 12.9. The first-order valence-corrected chi connectivity index (χ1v) is 13.9. The predicted octanol–water partition coefficient (Wildman–Crippen LogP) is 3.31. The summed E-state index contributed by atoms with van der Waals surface area (Å²) in [5.74, 6) is 1.58. The molecule has 3 aliphatic heterocycles. The van der Waals surface area contributed by atoms with Gasteiger partial charge < -0.3 is 28.9 Å². The molecule has 1 aromatic carbocycles. The predicted molar refractivity (Wildman–Crippen MR) is 140 cm³/mol. The van der Waals surface area contributed by atoms with Crippen molar-refractivity contribution in [2.45, 2.75) is 30.7 Å². The largest absolute Gasteiger partial charge is 0.492 e. The topological polar surface area (TPSA) is 80.3 Å². The maximum Gasteiger partial charge on any atom is 0.233 e. The van der Waals surface area contributed by atoms with Crippen molar-refractivity contribution < 1.29 is 19.0 Å². The van der Waals surface area contributed by atoms with Gasteiger partial charge in [-0.2, -0.15) is 0 Å². The molecule has 3 aliphatic rings. The molecule has 4 heterocycles. The van der Waals surface area contributed by atoms with Gasteiger partial charge in [0.25, 0.3) is 0 Å². The van der Waals surface area contributed by atoms with Crippen molar-refractivity contribution in [3.8, 4) is 5.75 Å². The van der Waals surface area contributed by atoms with Crippen LogP contribution in [0, 0.1) is 0 Å². The number of benzene rings is 1. The molecule has 0 bridgehead atoms. The molecule has 36 heavy (non-hydrogen) atoms. The first-order chi connectivity index (χ1) is 17.5. The lowest BCUT2D eigenvalue weighted by Gasteiger charge is -2.38. The summed E-state index contributed by atoms with van der Waals surface area (Å²) in [7, 11) is 0. The standard InChI is InChI=1S/C25H32ClN5O4S/c1-2-33-20-6-4-3-5-19(20)29-11-13-31(14-12-29)23(32)18-36-24-27-21(26)17-22(28-24)30-9-7-25(8-10-30)34-15-16-35-25/h3-6,17H,2,7-16,18H2,1H3. The van der Waals surface area contributed by atoms with Gasteiger partial charge in [-0.3, -0.25) is 4.79 Å². The highest BCUT2D eigenvalue weighted by Gasteiger charge is 2.40. The number of para-hydroxylation sites is 2. The van der Waals surface area contributed by atoms with Crippen LogP contribution in [0.4, 0.5) is 11.5 Å². The van der Waals surface area contributed by atoms with E-state index in [4.69, 9.17) is 25.8 Å². The zero-order chi connectivity index (χ0) is 25.0. The molecule has 194 valence electrons. The zero-order valence-corrected chi connectivity index (χ0v) is 22.1. The quantitative estimate of drug-likeness (QED) is 0.302. The Morgan fingerprint density at radius 1 is 1.06 bits per heavy atom. The van der Waals surface area contributed by atoms with Crippen molar-refractivity contribution in [3.05, 3.63) is 35.5 Å². The van der Waals surface area contributed by atoms with Crippen LogP contribution in [-0.2, 0) is 14.3 Å². The fourth-order valence-electron chi connectivity index (χ4n) is 4.88. The highest BCUT2D eigenvalue weighted by atomic mass is 35.5. The van der Waals surface area contributed by atoms with Gasteiger partial charge in [-0.05, 0) is 19.1 Å². The fraction of sp³-hybridized carbons (Fsp3) is 0.560. The Hall–Kier alpha value is -2.27. The number of hydrogen-bond acceptors (Lipinski definition) is 9. The second-order valence-electron chi connectivity index (χ2n) is 8.98. The van der Waals surface area contributed by atoms with E-state index in [1.54, 1.807) is 6.07 Å². The van der Waals surface area contributed by atoms with E-state index in [1.807, 2.05) is 30.0 Å². The van der Waals surface area contributed by atoms with Crippen molar-refractivity contribution in [2.24, 2.45) is 0 Å². The number of rotatable bonds is 7. The second kappa shape index (κ2) is 11.4. The van der Waals surface area contributed by atoms with Crippen molar-refractivity contribution in [1.82, 2.24) is 14.9 Å². The Morgan fingerprint density at radius 2 is 1.78 bits per heavy atom. The summed E-state index contributed by atoms with van der Waals surface area (Å²) in [6.45, 7) is 8.33. The average molecular weight is 534 g/mol. The fourth-order valence-corrected chi connectivity index (χ4v) is 5.87. The minimum absolute atomic E-state index is 0.0818. The molecule has 9 nitrogen and oxygen atoms in total. The van der Waals surface area contributed by atoms with Gasteiger partial charge in [0.05, 0.1) is 31.3 Å². The number of hydrogen-bond donors (Lipinski definition) is 0. The summed E-state index contributed by atoms with van der Waals surface area (Å²) in [5, 5.41) is 0.897. The summed E-state index contributed by atoms with van der Waals surface area (Å²) >= 11 is 7.64. The number of piperazine rings is 1. The number of ether oxygens (including phenoxy) is 3. The lowest BCUT2D eigenvalue weighted by atomic mass is 10.0. The molecule has 2 aromatic rings. The lowest BCUT2D eigenvalue weighted by molar-refractivity contribution is -0.169. The molecule has 0 aliphatic carbocycles. The van der Waals surface area contributed by atoms with E-state index in [0.717, 1.165) is 56.3 Å². The van der Waals surface area contributed by atoms with Gasteiger partial charge in [-0.25, -0.2) is 9.97 Å². The number of carbonyl (C=O) groups excluding carboxylic acids is 1. The van der Waals surface area contributed by atoms with Crippen LogP contribution >= 0.6 is 23.4 Å². The van der Waals surface area contributed by atoms with Crippen molar-refractivity contribution in [1.29, 1.82) is 0 Å². The number of halogens is 1. The molecule has 0 radical (unpaired) electrons. The first kappa shape index (κ1) is 25.4. The third kappa shape index (κ3) is 5.82. The van der Waals surface area contributed by atoms with Crippen LogP contribution < -0.4 is 14.5 Å². The molecule has 0 unspecified atom stereocenters. The Labute approximate surface area is 221 Å². The van der Waals surface area contributed by atoms with Crippen LogP contribution in [0.2, 0.25) is 5.15 Å². The molecule has 5 rings (SSSR count). The minimum Gasteiger partial charge on any atom is -0.492 e. The number of amides is 1. The highest BCUT2D eigenvalue weighted by Crippen LogP contribution is 2.34. The number of piperidine rings is 1. The Balaban J connectivity index is 1.13. The normalized spacial score (nSPS) is 19.7. The van der Waals surface area contributed by atoms with Gasteiger partial charge in [0.15, 0.2) is 10.9 Å². The molecule has 3 saturated heterocycles. The molecule has 3 fully saturated rings. The molecule has 1 amide bonds. The molecular weight excluding hydrogens is 502 g/mol. The average Bonchev–Trinajstić information content (AvgIpc) is 3.36. The minimum atomic E-state index is -0.438. The first-order valence-electron chi connectivity index (χ1n) is 12.5. The highest BCUT2D eigenvalue weighted by molar-refractivity contribution is 7.99. The summed E-state index contributed by atoms with van der Waals surface area (Å²) in [6, 6.07) is 9.84. The monoisotopic (exact) mass is 533 g/mol. The van der Waals surface area contributed by atoms with Gasteiger partial charge in [0.2, 0.25) is 5.91 Å². The van der Waals surface area contributed by atoms with E-state index in [2.05, 4.69) is 25.8 Å². The van der Waals surface area contributed by atoms with Crippen LogP contribution in [0.15, 0.2) is 35.5 Å². The van der Waals surface area contributed by atoms with E-state index in [1.165, 1.54) is 11.8 Å². The molecule has 1 spiro atoms. The van der Waals surface area contributed by atoms with E-state index >= 15 is 0 Å². The maximum atomic E-state index is 12.9. The number of anilines is 2. The molecule has 0 N–H and O–H groups in total. The lowest BCUT2D eigenvalue weighted by Crippen LogP contribution is -2.49. The smallest absolute Gasteiger partial charge is 0.233 e. The van der Waals surface area contributed by atoms with Crippen LogP contribution in [0.1, 0.15) is 19.8 Å². The molecular formula is C25H32ClN5O4S. The SMILES string of the molecule is CCOc1ccccc1N1CCN(C(=O)CSc2nc(Cl)cc(N3CCC4(CC3)OCCO4)n2)CC1. The Morgan fingerprint density at radius 3 is 2.50 bits per heavy atom. The van der Waals surface area contributed by atoms with Gasteiger partial charge in [-0.15, -0.1) is 0 Å². The summed E-state index contributed by atoms with van der Waals surface area (Å²) in [5.41, 5.74) is 1.08. The van der Waals surface area contributed by atoms with E-state index < -0.39 is 5.79 Å². The summed E-state index contributed by atoms with van der Waals surface area (Å²) in [4.78, 5) is 28.3. The van der Waals surface area contributed by atoms with E-state index in [9.17, 15) is 4.79 Å². The van der Waals surface area contributed by atoms with E-state index in [0.29, 0.717) is 43.2 Å². The van der Waals surface area contributed by atoms with Gasteiger partial charge in [0, 0.05) is 58.2 Å². The zero-order valence-electron chi connectivity index (χ0n) is 20.5. The van der Waals surface area contributed by atoms with Crippen molar-refractivity contribution in [3.63, 3.8) is 0 Å². The second-order valence-corrected chi connectivity index (χ2v) is 10.3. The van der Waals surface area contributed by atoms with Crippen LogP contribution in [0.5, 0.6) is 5.75 Å². The van der Waals surface area contributed by atoms with Gasteiger partial charge in [0.1, 0.15) is 16.7 Å². The number of thioether (sulfide) groups is 1. The summed E-state index contributed by atoms with van der Waals surface area (Å²) < 4.78 is 17.4. The third-order valence-corrected chi connectivity index (χ3v) is 7.81. The number of nitrogens with zero attached hydrogens (tertiary/aromatic N) is 5. The Kier molecular flexibility index (Phi) is 8.05. The van der Waals surface area contributed by atoms with Gasteiger partial charge in [-0.1, -0.05) is 35.5 Å². The number of aromatic nitrogens is 2. The molecule has 1 aromatic heterocycles. The van der Waals surface area contributed by atoms with Crippen LogP contribution in [-0.4, -0.2) is 91.4 Å². The van der Waals surface area contributed by atoms with Crippen LogP contribution in [0.25, 0.3) is 0 Å². The Bertz CT molecular complexity index is 1050. The van der Waals surface area contributed by atoms with Crippen molar-refractivity contribution in [2.75, 3.05) is 74.6 Å². The molecule has 0 atom stereocenters. The van der Waals surface area contributed by atoms with Crippen LogP contribution in [0.3, 0.4) is 0 Å². The molecule has 11 heteroatoms. The van der Waals surface area contributed by atoms with Gasteiger partial charge >= 0.3 is 0 Å². The summed E-state index contributed by atoms with van der Waals surface area (Å²) in [6.07, 6.45) is 1.58. The van der Waals surface area contributed by atoms with Crippen molar-refractivity contribution >= 4 is 40.8 Å².